The number of nitrogens with one attached hydrogen (secondary N) is 1. The molecule has 1 aromatic rings. The topological polar surface area (TPSA) is 12.0 Å². The van der Waals surface area contributed by atoms with Gasteiger partial charge in [0.1, 0.15) is 0 Å². The lowest BCUT2D eigenvalue weighted by Gasteiger charge is -1.98. The van der Waals surface area contributed by atoms with Crippen LogP contribution in [0, 0.1) is 6.92 Å². The summed E-state index contributed by atoms with van der Waals surface area (Å²) in [6.45, 7) is 2.81. The third kappa shape index (κ3) is 1.88. The van der Waals surface area contributed by atoms with Crippen LogP contribution in [0.3, 0.4) is 0 Å². The molecule has 0 aromatic heterocycles. The monoisotopic (exact) mass is 131 g/mol. The van der Waals surface area contributed by atoms with Crippen LogP contribution in [0.15, 0.2) is 24.3 Å². The number of hydrogen-bond acceptors (Lipinski definition) is 1. The second-order valence-corrected chi connectivity index (χ2v) is 2.37. The summed E-state index contributed by atoms with van der Waals surface area (Å²) in [5.41, 5.74) is 2.49. The van der Waals surface area contributed by atoms with Crippen molar-refractivity contribution in [3.05, 3.63) is 35.4 Å². The predicted molar refractivity (Wildman–Crippen MR) is 43.8 cm³/mol. The third-order valence-corrected chi connectivity index (χ3v) is 1.43. The van der Waals surface area contributed by atoms with Crippen molar-refractivity contribution in [3.63, 3.8) is 0 Å². The number of rotatable bonds is 2. The summed E-state index contributed by atoms with van der Waals surface area (Å²) in [5, 5.41) is 2.60. The molecule has 0 unspecified atom stereocenters. The van der Waals surface area contributed by atoms with Crippen LogP contribution in [-0.4, -0.2) is 7.98 Å². The molecule has 1 N–H and O–H groups in total. The SMILES string of the molecule is [B]NCc1ccc(C)cc1. The fourth-order valence-electron chi connectivity index (χ4n) is 0.824. The molecule has 2 radical (unpaired) electrons. The van der Waals surface area contributed by atoms with Crippen molar-refractivity contribution in [1.29, 1.82) is 0 Å². The van der Waals surface area contributed by atoms with Crippen molar-refractivity contribution in [1.82, 2.24) is 5.23 Å². The Morgan fingerprint density at radius 3 is 2.40 bits per heavy atom. The summed E-state index contributed by atoms with van der Waals surface area (Å²) in [7, 11) is 5.15. The van der Waals surface area contributed by atoms with Crippen molar-refractivity contribution >= 4 is 7.98 Å². The Kier molecular flexibility index (Phi) is 2.52. The fourth-order valence-corrected chi connectivity index (χ4v) is 0.824. The zero-order valence-corrected chi connectivity index (χ0v) is 6.09. The van der Waals surface area contributed by atoms with Gasteiger partial charge in [-0.3, -0.25) is 0 Å². The zero-order chi connectivity index (χ0) is 7.40. The first-order valence-corrected chi connectivity index (χ1v) is 3.32. The maximum absolute atomic E-state index is 5.15. The summed E-state index contributed by atoms with van der Waals surface area (Å²) in [6.07, 6.45) is 0. The van der Waals surface area contributed by atoms with E-state index in [0.717, 1.165) is 6.54 Å². The average molecular weight is 131 g/mol. The van der Waals surface area contributed by atoms with E-state index in [0.29, 0.717) is 0 Å². The molecule has 0 saturated heterocycles. The van der Waals surface area contributed by atoms with Crippen LogP contribution in [0.4, 0.5) is 0 Å². The normalized spacial score (nSPS) is 9.70. The maximum Gasteiger partial charge on any atom is 0.178 e. The minimum Gasteiger partial charge on any atom is -0.363 e. The van der Waals surface area contributed by atoms with Gasteiger partial charge in [0.25, 0.3) is 0 Å². The van der Waals surface area contributed by atoms with Crippen LogP contribution in [0.25, 0.3) is 0 Å². The standard InChI is InChI=1S/C8H10BN/c1-7-2-4-8(5-3-7)6-10-9/h2-5,10H,6H2,1H3. The van der Waals surface area contributed by atoms with Crippen molar-refractivity contribution in [2.24, 2.45) is 0 Å². The summed E-state index contributed by atoms with van der Waals surface area (Å²) < 4.78 is 0. The molecular formula is C8H10BN. The van der Waals surface area contributed by atoms with Crippen molar-refractivity contribution < 1.29 is 0 Å². The zero-order valence-electron chi connectivity index (χ0n) is 6.09. The van der Waals surface area contributed by atoms with Gasteiger partial charge >= 0.3 is 0 Å². The second-order valence-electron chi connectivity index (χ2n) is 2.37. The highest BCUT2D eigenvalue weighted by Crippen LogP contribution is 2.01. The molecule has 2 heteroatoms. The highest BCUT2D eigenvalue weighted by Gasteiger charge is 1.87. The van der Waals surface area contributed by atoms with E-state index in [1.165, 1.54) is 11.1 Å². The van der Waals surface area contributed by atoms with Gasteiger partial charge in [-0.15, -0.1) is 0 Å². The fraction of sp³-hybridized carbons (Fsp3) is 0.250. The number of hydrogen-bond donors (Lipinski definition) is 1. The van der Waals surface area contributed by atoms with Crippen LogP contribution < -0.4 is 5.23 Å². The molecule has 1 aromatic carbocycles. The molecule has 0 amide bonds. The smallest absolute Gasteiger partial charge is 0.178 e. The van der Waals surface area contributed by atoms with Crippen molar-refractivity contribution in [2.45, 2.75) is 13.5 Å². The van der Waals surface area contributed by atoms with E-state index in [1.54, 1.807) is 0 Å². The lowest BCUT2D eigenvalue weighted by molar-refractivity contribution is 0.961. The molecule has 0 aliphatic heterocycles. The molecule has 0 atom stereocenters. The first kappa shape index (κ1) is 7.35. The lowest BCUT2D eigenvalue weighted by Crippen LogP contribution is -2.06. The maximum atomic E-state index is 5.15. The van der Waals surface area contributed by atoms with Crippen LogP contribution >= 0.6 is 0 Å². The Bertz CT molecular complexity index is 193. The van der Waals surface area contributed by atoms with Gasteiger partial charge in [-0.1, -0.05) is 29.8 Å². The van der Waals surface area contributed by atoms with Crippen molar-refractivity contribution in [2.75, 3.05) is 0 Å². The van der Waals surface area contributed by atoms with E-state index in [9.17, 15) is 0 Å². The quantitative estimate of drug-likeness (QED) is 0.594. The Labute approximate surface area is 62.9 Å². The Morgan fingerprint density at radius 1 is 1.30 bits per heavy atom. The molecule has 0 fully saturated rings. The van der Waals surface area contributed by atoms with Crippen LogP contribution in [0.2, 0.25) is 0 Å². The summed E-state index contributed by atoms with van der Waals surface area (Å²) in [4.78, 5) is 0. The summed E-state index contributed by atoms with van der Waals surface area (Å²) in [5.74, 6) is 0. The van der Waals surface area contributed by atoms with E-state index in [2.05, 4.69) is 36.4 Å². The molecule has 1 rings (SSSR count). The van der Waals surface area contributed by atoms with Gasteiger partial charge in [-0.05, 0) is 12.5 Å². The van der Waals surface area contributed by atoms with Crippen LogP contribution in [-0.2, 0) is 6.54 Å². The van der Waals surface area contributed by atoms with E-state index in [-0.39, 0.29) is 0 Å². The first-order chi connectivity index (χ1) is 4.83. The molecule has 0 saturated carbocycles. The van der Waals surface area contributed by atoms with Gasteiger partial charge < -0.3 is 5.23 Å². The van der Waals surface area contributed by atoms with Gasteiger partial charge in [0.05, 0.1) is 0 Å². The van der Waals surface area contributed by atoms with Gasteiger partial charge in [0.15, 0.2) is 7.98 Å². The lowest BCUT2D eigenvalue weighted by atomic mass is 10.1. The summed E-state index contributed by atoms with van der Waals surface area (Å²) >= 11 is 0. The Hall–Kier alpha value is -0.755. The van der Waals surface area contributed by atoms with E-state index in [1.807, 2.05) is 0 Å². The molecule has 0 heterocycles. The third-order valence-electron chi connectivity index (χ3n) is 1.43. The molecule has 0 spiro atoms. The van der Waals surface area contributed by atoms with Crippen LogP contribution in [0.1, 0.15) is 11.1 Å². The highest BCUT2D eigenvalue weighted by molar-refractivity contribution is 6.04. The molecule has 0 bridgehead atoms. The predicted octanol–water partition coefficient (Wildman–Crippen LogP) is 1.17. The molecule has 0 aliphatic carbocycles. The van der Waals surface area contributed by atoms with Crippen LogP contribution in [0.5, 0.6) is 0 Å². The Morgan fingerprint density at radius 2 is 1.90 bits per heavy atom. The molecular weight excluding hydrogens is 121 g/mol. The molecule has 10 heavy (non-hydrogen) atoms. The largest absolute Gasteiger partial charge is 0.363 e. The second kappa shape index (κ2) is 3.42. The molecule has 0 aliphatic rings. The van der Waals surface area contributed by atoms with Gasteiger partial charge in [0, 0.05) is 6.54 Å². The average Bonchev–Trinajstić information content (AvgIpc) is 1.95. The number of aryl methyl sites for hydroxylation is 1. The van der Waals surface area contributed by atoms with E-state index < -0.39 is 0 Å². The van der Waals surface area contributed by atoms with Gasteiger partial charge in [0.2, 0.25) is 0 Å². The van der Waals surface area contributed by atoms with Gasteiger partial charge in [-0.2, -0.15) is 0 Å². The number of benzene rings is 1. The molecule has 1 nitrogen and oxygen atoms in total. The minimum absolute atomic E-state index is 0.736. The van der Waals surface area contributed by atoms with Crippen molar-refractivity contribution in [3.8, 4) is 0 Å². The molecule has 50 valence electrons. The van der Waals surface area contributed by atoms with E-state index in [4.69, 9.17) is 7.98 Å². The van der Waals surface area contributed by atoms with Gasteiger partial charge in [-0.25, -0.2) is 0 Å². The van der Waals surface area contributed by atoms with E-state index >= 15 is 0 Å². The Balaban J connectivity index is 2.69. The minimum atomic E-state index is 0.736. The summed E-state index contributed by atoms with van der Waals surface area (Å²) in [6, 6.07) is 8.28. The first-order valence-electron chi connectivity index (χ1n) is 3.32. The highest BCUT2D eigenvalue weighted by atomic mass is 14.7.